The van der Waals surface area contributed by atoms with Gasteiger partial charge in [0.15, 0.2) is 0 Å². The summed E-state index contributed by atoms with van der Waals surface area (Å²) in [5.74, 6) is -0.393. The van der Waals surface area contributed by atoms with Crippen molar-refractivity contribution in [1.82, 2.24) is 4.98 Å². The quantitative estimate of drug-likeness (QED) is 0.723. The van der Waals surface area contributed by atoms with Crippen LogP contribution < -0.4 is 0 Å². The van der Waals surface area contributed by atoms with Crippen LogP contribution in [-0.2, 0) is 6.32 Å². The second-order valence-corrected chi connectivity index (χ2v) is 3.36. The van der Waals surface area contributed by atoms with Gasteiger partial charge in [0.05, 0.1) is 17.7 Å². The lowest BCUT2D eigenvalue weighted by Crippen LogP contribution is -2.19. The van der Waals surface area contributed by atoms with Crippen molar-refractivity contribution in [1.29, 1.82) is 5.26 Å². The fourth-order valence-corrected chi connectivity index (χ4v) is 1.15. The summed E-state index contributed by atoms with van der Waals surface area (Å²) >= 11 is 0. The van der Waals surface area contributed by atoms with Gasteiger partial charge in [-0.25, -0.2) is 0 Å². The molecule has 0 N–H and O–H groups in total. The van der Waals surface area contributed by atoms with E-state index < -0.39 is 19.2 Å². The lowest BCUT2D eigenvalue weighted by atomic mass is 9.82. The topological polar surface area (TPSA) is 36.7 Å². The predicted molar refractivity (Wildman–Crippen MR) is 51.0 cm³/mol. The van der Waals surface area contributed by atoms with E-state index in [1.807, 2.05) is 6.07 Å². The number of hydrogen-bond donors (Lipinski definition) is 0. The molecule has 0 radical (unpaired) electrons. The molecular weight excluding hydrogens is 204 g/mol. The summed E-state index contributed by atoms with van der Waals surface area (Å²) < 4.78 is 36.1. The molecule has 80 valence electrons. The summed E-state index contributed by atoms with van der Waals surface area (Å²) in [4.78, 5) is 3.82. The number of aromatic nitrogens is 1. The van der Waals surface area contributed by atoms with Gasteiger partial charge in [0.1, 0.15) is 0 Å². The van der Waals surface area contributed by atoms with Gasteiger partial charge in [-0.1, -0.05) is 17.9 Å². The first kappa shape index (κ1) is 11.6. The van der Waals surface area contributed by atoms with Crippen molar-refractivity contribution in [2.45, 2.75) is 19.2 Å². The van der Waals surface area contributed by atoms with E-state index >= 15 is 0 Å². The summed E-state index contributed by atoms with van der Waals surface area (Å²) in [5, 5.41) is 8.58. The van der Waals surface area contributed by atoms with E-state index in [1.165, 1.54) is 18.3 Å². The zero-order chi connectivity index (χ0) is 11.5. The maximum absolute atomic E-state index is 12.0. The van der Waals surface area contributed by atoms with Gasteiger partial charge in [0.25, 0.3) is 0 Å². The van der Waals surface area contributed by atoms with E-state index in [0.29, 0.717) is 5.69 Å². The van der Waals surface area contributed by atoms with Crippen LogP contribution in [0.25, 0.3) is 0 Å². The van der Waals surface area contributed by atoms with E-state index in [4.69, 9.17) is 5.26 Å². The molecule has 1 atom stereocenters. The van der Waals surface area contributed by atoms with Crippen molar-refractivity contribution in [2.75, 3.05) is 0 Å². The van der Waals surface area contributed by atoms with E-state index in [-0.39, 0.29) is 5.56 Å². The lowest BCUT2D eigenvalue weighted by Gasteiger charge is -2.13. The highest BCUT2D eigenvalue weighted by atomic mass is 19.4. The fraction of sp³-hybridized carbons (Fsp3) is 0.333. The van der Waals surface area contributed by atoms with Crippen molar-refractivity contribution in [3.05, 3.63) is 29.6 Å². The molecule has 0 aliphatic carbocycles. The lowest BCUT2D eigenvalue weighted by molar-refractivity contribution is 0.468. The molecule has 1 aromatic rings. The molecule has 0 aromatic carbocycles. The highest BCUT2D eigenvalue weighted by molar-refractivity contribution is 6.57. The van der Waals surface area contributed by atoms with Crippen molar-refractivity contribution in [3.63, 3.8) is 0 Å². The Bertz CT molecular complexity index is 366. The first-order valence-corrected chi connectivity index (χ1v) is 4.48. The highest BCUT2D eigenvalue weighted by Gasteiger charge is 2.23. The van der Waals surface area contributed by atoms with Crippen LogP contribution in [0.3, 0.4) is 0 Å². The Morgan fingerprint density at radius 2 is 2.13 bits per heavy atom. The number of halogens is 3. The predicted octanol–water partition coefficient (Wildman–Crippen LogP) is 2.64. The Kier molecular flexibility index (Phi) is 3.35. The van der Waals surface area contributed by atoms with Crippen molar-refractivity contribution in [3.8, 4) is 6.07 Å². The van der Waals surface area contributed by atoms with Crippen LogP contribution in [0.1, 0.15) is 24.1 Å². The first-order chi connectivity index (χ1) is 6.92. The van der Waals surface area contributed by atoms with E-state index in [1.54, 1.807) is 6.92 Å². The number of rotatable bonds is 3. The van der Waals surface area contributed by atoms with Crippen LogP contribution in [0.15, 0.2) is 18.3 Å². The molecule has 15 heavy (non-hydrogen) atoms. The van der Waals surface area contributed by atoms with Gasteiger partial charge in [0.2, 0.25) is 0 Å². The normalized spacial score (nSPS) is 13.3. The standard InChI is InChI=1S/C9H9BF3N2/c1-7(5-14)9-3-2-8(6-15-9)4-10(11,12)13/h2-3,6-7H,4H2,1H3/q-1. The van der Waals surface area contributed by atoms with Crippen LogP contribution in [-0.4, -0.2) is 12.0 Å². The molecule has 0 spiro atoms. The van der Waals surface area contributed by atoms with Crippen LogP contribution in [0.4, 0.5) is 12.9 Å². The summed E-state index contributed by atoms with van der Waals surface area (Å²) in [5.41, 5.74) is 0.632. The third kappa shape index (κ3) is 3.62. The Morgan fingerprint density at radius 1 is 1.47 bits per heavy atom. The third-order valence-corrected chi connectivity index (χ3v) is 1.95. The zero-order valence-corrected chi connectivity index (χ0v) is 8.12. The van der Waals surface area contributed by atoms with Gasteiger partial charge < -0.3 is 12.9 Å². The summed E-state index contributed by atoms with van der Waals surface area (Å²) in [6.07, 6.45) is 0.257. The van der Waals surface area contributed by atoms with Crippen LogP contribution in [0.2, 0.25) is 0 Å². The molecule has 1 heterocycles. The van der Waals surface area contributed by atoms with Crippen molar-refractivity contribution in [2.24, 2.45) is 0 Å². The minimum atomic E-state index is -4.82. The van der Waals surface area contributed by atoms with Crippen LogP contribution in [0.5, 0.6) is 0 Å². The fourth-order valence-electron chi connectivity index (χ4n) is 1.15. The Balaban J connectivity index is 2.78. The van der Waals surface area contributed by atoms with E-state index in [9.17, 15) is 12.9 Å². The smallest absolute Gasteiger partial charge is 0.449 e. The number of pyridine rings is 1. The van der Waals surface area contributed by atoms with E-state index in [2.05, 4.69) is 4.98 Å². The van der Waals surface area contributed by atoms with Gasteiger partial charge in [0, 0.05) is 6.20 Å². The Labute approximate surface area is 85.8 Å². The molecule has 1 aromatic heterocycles. The summed E-state index contributed by atoms with van der Waals surface area (Å²) in [6, 6.07) is 4.80. The minimum Gasteiger partial charge on any atom is -0.449 e. The van der Waals surface area contributed by atoms with Gasteiger partial charge >= 0.3 is 6.98 Å². The molecule has 0 bridgehead atoms. The van der Waals surface area contributed by atoms with Gasteiger partial charge in [-0.05, 0) is 13.0 Å². The average Bonchev–Trinajstić information content (AvgIpc) is 2.15. The zero-order valence-electron chi connectivity index (χ0n) is 8.12. The molecule has 1 rings (SSSR count). The molecule has 0 saturated carbocycles. The van der Waals surface area contributed by atoms with Crippen LogP contribution in [0, 0.1) is 11.3 Å². The van der Waals surface area contributed by atoms with E-state index in [0.717, 1.165) is 0 Å². The monoisotopic (exact) mass is 213 g/mol. The van der Waals surface area contributed by atoms with Gasteiger partial charge in [-0.3, -0.25) is 4.98 Å². The average molecular weight is 213 g/mol. The maximum atomic E-state index is 12.0. The molecule has 0 aliphatic rings. The van der Waals surface area contributed by atoms with Crippen LogP contribution >= 0.6 is 0 Å². The minimum absolute atomic E-state index is 0.136. The first-order valence-electron chi connectivity index (χ1n) is 4.48. The molecule has 6 heteroatoms. The van der Waals surface area contributed by atoms with Gasteiger partial charge in [-0.15, -0.1) is 0 Å². The van der Waals surface area contributed by atoms with Crippen molar-refractivity contribution < 1.29 is 12.9 Å². The molecule has 1 unspecified atom stereocenters. The highest BCUT2D eigenvalue weighted by Crippen LogP contribution is 2.17. The number of nitriles is 1. The Morgan fingerprint density at radius 3 is 2.53 bits per heavy atom. The van der Waals surface area contributed by atoms with Gasteiger partial charge in [-0.2, -0.15) is 5.26 Å². The molecule has 0 saturated heterocycles. The molecule has 0 aliphatic heterocycles. The maximum Gasteiger partial charge on any atom is 0.482 e. The SMILES string of the molecule is CC(C#N)c1ccc(C[B-](F)(F)F)cn1. The van der Waals surface area contributed by atoms with Crippen molar-refractivity contribution >= 4 is 6.98 Å². The largest absolute Gasteiger partial charge is 0.482 e. The molecule has 0 amide bonds. The number of nitrogens with zero attached hydrogens (tertiary/aromatic N) is 2. The number of hydrogen-bond acceptors (Lipinski definition) is 2. The molecular formula is C9H9BF3N2-. The second kappa shape index (κ2) is 4.34. The second-order valence-electron chi connectivity index (χ2n) is 3.36. The molecule has 2 nitrogen and oxygen atoms in total. The third-order valence-electron chi connectivity index (χ3n) is 1.95. The summed E-state index contributed by atoms with van der Waals surface area (Å²) in [6.45, 7) is -3.17. The summed E-state index contributed by atoms with van der Waals surface area (Å²) in [7, 11) is 0. The Hall–Kier alpha value is -1.51. The molecule has 0 fully saturated rings.